The highest BCUT2D eigenvalue weighted by atomic mass is 16.5. The fourth-order valence-corrected chi connectivity index (χ4v) is 0.892. The van der Waals surface area contributed by atoms with Crippen LogP contribution in [0.4, 0.5) is 0 Å². The molecular weight excluding hydrogens is 146 g/mol. The summed E-state index contributed by atoms with van der Waals surface area (Å²) in [5.74, 6) is -0.834. The zero-order chi connectivity index (χ0) is 8.27. The van der Waals surface area contributed by atoms with E-state index in [2.05, 4.69) is 5.32 Å². The van der Waals surface area contributed by atoms with E-state index in [-0.39, 0.29) is 6.61 Å². The molecule has 11 heavy (non-hydrogen) atoms. The van der Waals surface area contributed by atoms with Crippen molar-refractivity contribution in [2.75, 3.05) is 13.7 Å². The minimum absolute atomic E-state index is 0.242. The Bertz CT molecular complexity index is 145. The van der Waals surface area contributed by atoms with Gasteiger partial charge in [-0.3, -0.25) is 10.1 Å². The fourth-order valence-electron chi connectivity index (χ4n) is 0.892. The van der Waals surface area contributed by atoms with Gasteiger partial charge in [-0.1, -0.05) is 0 Å². The Balaban J connectivity index is 2.24. The van der Waals surface area contributed by atoms with Crippen LogP contribution < -0.4 is 5.32 Å². The Morgan fingerprint density at radius 3 is 2.82 bits per heavy atom. The maximum absolute atomic E-state index is 10.5. The lowest BCUT2D eigenvalue weighted by Crippen LogP contribution is -2.41. The predicted octanol–water partition coefficient (Wildman–Crippen LogP) is -0.162. The highest BCUT2D eigenvalue weighted by Gasteiger charge is 2.27. The molecule has 0 bridgehead atoms. The largest absolute Gasteiger partial charge is 0.480 e. The minimum atomic E-state index is -0.834. The molecule has 0 unspecified atom stereocenters. The summed E-state index contributed by atoms with van der Waals surface area (Å²) in [6, 6.07) is -0.126. The van der Waals surface area contributed by atoms with Crippen LogP contribution in [0.25, 0.3) is 0 Å². The van der Waals surface area contributed by atoms with Crippen molar-refractivity contribution in [1.29, 1.82) is 0 Å². The summed E-state index contributed by atoms with van der Waals surface area (Å²) >= 11 is 0. The van der Waals surface area contributed by atoms with Gasteiger partial charge < -0.3 is 9.84 Å². The van der Waals surface area contributed by atoms with Crippen molar-refractivity contribution in [3.8, 4) is 0 Å². The number of rotatable bonds is 5. The summed E-state index contributed by atoms with van der Waals surface area (Å²) in [4.78, 5) is 10.5. The average molecular weight is 159 g/mol. The highest BCUT2D eigenvalue weighted by molar-refractivity contribution is 5.73. The molecule has 0 saturated heterocycles. The molecule has 0 amide bonds. The van der Waals surface area contributed by atoms with Gasteiger partial charge in [-0.25, -0.2) is 0 Å². The first-order valence-corrected chi connectivity index (χ1v) is 3.72. The minimum Gasteiger partial charge on any atom is -0.480 e. The number of carboxylic acids is 1. The first kappa shape index (κ1) is 8.49. The molecule has 1 aliphatic rings. The van der Waals surface area contributed by atoms with Crippen LogP contribution >= 0.6 is 0 Å². The second kappa shape index (κ2) is 3.69. The van der Waals surface area contributed by atoms with Gasteiger partial charge in [-0.15, -0.1) is 0 Å². The van der Waals surface area contributed by atoms with E-state index in [1.807, 2.05) is 0 Å². The van der Waals surface area contributed by atoms with Crippen LogP contribution in [0.1, 0.15) is 12.8 Å². The average Bonchev–Trinajstić information content (AvgIpc) is 2.70. The standard InChI is InChI=1S/C7H13NO3/c1-11-4-6(7(9)10)8-5-2-3-5/h5-6,8H,2-4H2,1H3,(H,9,10)/t6-/m0/s1. The first-order valence-electron chi connectivity index (χ1n) is 3.72. The van der Waals surface area contributed by atoms with Crippen LogP contribution in [0.3, 0.4) is 0 Å². The number of hydrogen-bond acceptors (Lipinski definition) is 3. The summed E-state index contributed by atoms with van der Waals surface area (Å²) in [5.41, 5.74) is 0. The van der Waals surface area contributed by atoms with Crippen molar-refractivity contribution in [1.82, 2.24) is 5.32 Å². The molecule has 4 nitrogen and oxygen atoms in total. The van der Waals surface area contributed by atoms with Crippen LogP contribution in [0.5, 0.6) is 0 Å². The van der Waals surface area contributed by atoms with Gasteiger partial charge in [0.1, 0.15) is 6.04 Å². The van der Waals surface area contributed by atoms with E-state index < -0.39 is 12.0 Å². The van der Waals surface area contributed by atoms with E-state index in [9.17, 15) is 4.79 Å². The Morgan fingerprint density at radius 2 is 2.45 bits per heavy atom. The molecule has 1 fully saturated rings. The quantitative estimate of drug-likeness (QED) is 0.585. The van der Waals surface area contributed by atoms with E-state index in [1.54, 1.807) is 0 Å². The summed E-state index contributed by atoms with van der Waals surface area (Å²) in [6.45, 7) is 0.242. The number of nitrogens with one attached hydrogen (secondary N) is 1. The molecule has 0 aliphatic heterocycles. The Kier molecular flexibility index (Phi) is 2.84. The summed E-state index contributed by atoms with van der Waals surface area (Å²) < 4.78 is 4.75. The number of hydrogen-bond donors (Lipinski definition) is 2. The molecule has 64 valence electrons. The van der Waals surface area contributed by atoms with Crippen molar-refractivity contribution in [3.63, 3.8) is 0 Å². The lowest BCUT2D eigenvalue weighted by atomic mass is 10.3. The number of methoxy groups -OCH3 is 1. The monoisotopic (exact) mass is 159 g/mol. The molecule has 0 spiro atoms. The van der Waals surface area contributed by atoms with Crippen LogP contribution in [-0.4, -0.2) is 36.9 Å². The van der Waals surface area contributed by atoms with Crippen LogP contribution in [0.15, 0.2) is 0 Å². The van der Waals surface area contributed by atoms with E-state index in [0.717, 1.165) is 12.8 Å². The molecule has 0 aromatic rings. The Hall–Kier alpha value is -0.610. The normalized spacial score (nSPS) is 19.7. The molecule has 0 aromatic carbocycles. The van der Waals surface area contributed by atoms with Crippen molar-refractivity contribution in [2.45, 2.75) is 24.9 Å². The van der Waals surface area contributed by atoms with Gasteiger partial charge in [0.05, 0.1) is 6.61 Å². The molecule has 0 heterocycles. The van der Waals surface area contributed by atoms with Crippen LogP contribution in [0.2, 0.25) is 0 Å². The summed E-state index contributed by atoms with van der Waals surface area (Å²) in [6.07, 6.45) is 2.18. The predicted molar refractivity (Wildman–Crippen MR) is 39.5 cm³/mol. The van der Waals surface area contributed by atoms with Crippen molar-refractivity contribution < 1.29 is 14.6 Å². The number of carboxylic acid groups (broad SMARTS) is 1. The Morgan fingerprint density at radius 1 is 1.82 bits per heavy atom. The lowest BCUT2D eigenvalue weighted by Gasteiger charge is -2.11. The number of aliphatic carboxylic acids is 1. The van der Waals surface area contributed by atoms with Gasteiger partial charge in [-0.2, -0.15) is 0 Å². The zero-order valence-corrected chi connectivity index (χ0v) is 6.54. The van der Waals surface area contributed by atoms with E-state index in [1.165, 1.54) is 7.11 Å². The van der Waals surface area contributed by atoms with Gasteiger partial charge in [0.15, 0.2) is 0 Å². The van der Waals surface area contributed by atoms with Crippen molar-refractivity contribution in [3.05, 3.63) is 0 Å². The summed E-state index contributed by atoms with van der Waals surface area (Å²) in [5, 5.41) is 11.6. The van der Waals surface area contributed by atoms with Crippen molar-refractivity contribution >= 4 is 5.97 Å². The van der Waals surface area contributed by atoms with Gasteiger partial charge >= 0.3 is 5.97 Å². The summed E-state index contributed by atoms with van der Waals surface area (Å²) in [7, 11) is 1.50. The molecular formula is C7H13NO3. The molecule has 4 heteroatoms. The first-order chi connectivity index (χ1) is 5.24. The SMILES string of the molecule is COC[C@H](NC1CC1)C(=O)O. The molecule has 1 atom stereocenters. The molecule has 0 aromatic heterocycles. The van der Waals surface area contributed by atoms with E-state index in [4.69, 9.17) is 9.84 Å². The maximum Gasteiger partial charge on any atom is 0.323 e. The van der Waals surface area contributed by atoms with Crippen molar-refractivity contribution in [2.24, 2.45) is 0 Å². The third kappa shape index (κ3) is 2.86. The smallest absolute Gasteiger partial charge is 0.323 e. The van der Waals surface area contributed by atoms with Gasteiger partial charge in [0.2, 0.25) is 0 Å². The third-order valence-electron chi connectivity index (χ3n) is 1.65. The lowest BCUT2D eigenvalue weighted by molar-refractivity contribution is -0.140. The maximum atomic E-state index is 10.5. The number of carbonyl (C=O) groups is 1. The molecule has 1 rings (SSSR count). The van der Waals surface area contributed by atoms with Gasteiger partial charge in [0, 0.05) is 13.2 Å². The second-order valence-corrected chi connectivity index (χ2v) is 2.79. The molecule has 0 radical (unpaired) electrons. The van der Waals surface area contributed by atoms with E-state index >= 15 is 0 Å². The highest BCUT2D eigenvalue weighted by Crippen LogP contribution is 2.19. The molecule has 1 saturated carbocycles. The topological polar surface area (TPSA) is 58.6 Å². The second-order valence-electron chi connectivity index (χ2n) is 2.79. The van der Waals surface area contributed by atoms with Gasteiger partial charge in [0.25, 0.3) is 0 Å². The fraction of sp³-hybridized carbons (Fsp3) is 0.857. The Labute approximate surface area is 65.5 Å². The number of ether oxygens (including phenoxy) is 1. The molecule has 1 aliphatic carbocycles. The third-order valence-corrected chi connectivity index (χ3v) is 1.65. The van der Waals surface area contributed by atoms with Crippen LogP contribution in [0, 0.1) is 0 Å². The molecule has 2 N–H and O–H groups in total. The van der Waals surface area contributed by atoms with Crippen LogP contribution in [-0.2, 0) is 9.53 Å². The van der Waals surface area contributed by atoms with E-state index in [0.29, 0.717) is 6.04 Å². The van der Waals surface area contributed by atoms with Gasteiger partial charge in [-0.05, 0) is 12.8 Å². The zero-order valence-electron chi connectivity index (χ0n) is 6.54.